The highest BCUT2D eigenvalue weighted by molar-refractivity contribution is 5.88. The highest BCUT2D eigenvalue weighted by Gasteiger charge is 2.11. The zero-order valence-corrected chi connectivity index (χ0v) is 13.2. The van der Waals surface area contributed by atoms with Crippen LogP contribution in [0.3, 0.4) is 0 Å². The Morgan fingerprint density at radius 3 is 2.35 bits per heavy atom. The molecular weight excluding hydrogens is 286 g/mol. The van der Waals surface area contributed by atoms with E-state index in [9.17, 15) is 0 Å². The Kier molecular flexibility index (Phi) is 4.24. The van der Waals surface area contributed by atoms with Crippen LogP contribution >= 0.6 is 0 Å². The Balaban J connectivity index is 2.05. The van der Waals surface area contributed by atoms with Crippen LogP contribution in [-0.2, 0) is 0 Å². The molecule has 2 aromatic carbocycles. The van der Waals surface area contributed by atoms with Crippen molar-refractivity contribution >= 4 is 6.21 Å². The van der Waals surface area contributed by atoms with Gasteiger partial charge in [0.25, 0.3) is 0 Å². The molecule has 116 valence electrons. The van der Waals surface area contributed by atoms with E-state index in [1.165, 1.54) is 11.8 Å². The number of hydrogen-bond donors (Lipinski definition) is 1. The molecular formula is C19H19N3O. The maximum atomic E-state index is 8.92. The molecule has 1 aromatic heterocycles. The fourth-order valence-electron chi connectivity index (χ4n) is 2.51. The first-order valence-electron chi connectivity index (χ1n) is 7.62. The quantitative estimate of drug-likeness (QED) is 0.439. The second-order valence-corrected chi connectivity index (χ2v) is 5.73. The Bertz CT molecular complexity index is 802. The first kappa shape index (κ1) is 15.0. The van der Waals surface area contributed by atoms with Gasteiger partial charge < -0.3 is 5.21 Å². The zero-order valence-electron chi connectivity index (χ0n) is 13.2. The molecule has 0 aliphatic carbocycles. The monoisotopic (exact) mass is 305 g/mol. The van der Waals surface area contributed by atoms with Crippen molar-refractivity contribution in [3.05, 3.63) is 71.9 Å². The third-order valence-corrected chi connectivity index (χ3v) is 3.81. The predicted octanol–water partition coefficient (Wildman–Crippen LogP) is 4.47. The van der Waals surface area contributed by atoms with E-state index >= 15 is 0 Å². The van der Waals surface area contributed by atoms with Crippen molar-refractivity contribution in [3.8, 4) is 16.9 Å². The van der Waals surface area contributed by atoms with Crippen LogP contribution in [0, 0.1) is 0 Å². The minimum atomic E-state index is 0.490. The smallest absolute Gasteiger partial charge is 0.102 e. The first-order chi connectivity index (χ1) is 11.2. The molecule has 0 radical (unpaired) electrons. The van der Waals surface area contributed by atoms with E-state index < -0.39 is 0 Å². The van der Waals surface area contributed by atoms with Crippen LogP contribution in [0.5, 0.6) is 0 Å². The maximum absolute atomic E-state index is 8.92. The fourth-order valence-corrected chi connectivity index (χ4v) is 2.51. The molecule has 4 nitrogen and oxygen atoms in total. The SMILES string of the molecule is CC(C)c1ccc(-c2nn(-c3ccccc3)cc2/C=N\O)cc1. The summed E-state index contributed by atoms with van der Waals surface area (Å²) in [6.45, 7) is 4.34. The Morgan fingerprint density at radius 2 is 1.74 bits per heavy atom. The number of rotatable bonds is 4. The molecule has 0 fully saturated rings. The van der Waals surface area contributed by atoms with Crippen molar-refractivity contribution in [2.24, 2.45) is 5.16 Å². The van der Waals surface area contributed by atoms with Crippen LogP contribution in [0.1, 0.15) is 30.9 Å². The van der Waals surface area contributed by atoms with Gasteiger partial charge >= 0.3 is 0 Å². The van der Waals surface area contributed by atoms with Gasteiger partial charge in [-0.3, -0.25) is 0 Å². The molecule has 3 rings (SSSR count). The molecule has 0 spiro atoms. The van der Waals surface area contributed by atoms with Gasteiger partial charge in [-0.1, -0.05) is 61.5 Å². The molecule has 0 bridgehead atoms. The van der Waals surface area contributed by atoms with Gasteiger partial charge in [0.05, 0.1) is 11.9 Å². The summed E-state index contributed by atoms with van der Waals surface area (Å²) in [7, 11) is 0. The fraction of sp³-hybridized carbons (Fsp3) is 0.158. The summed E-state index contributed by atoms with van der Waals surface area (Å²) in [6.07, 6.45) is 3.28. The lowest BCUT2D eigenvalue weighted by atomic mass is 10.00. The number of aromatic nitrogens is 2. The van der Waals surface area contributed by atoms with Crippen molar-refractivity contribution in [1.29, 1.82) is 0 Å². The number of oxime groups is 1. The van der Waals surface area contributed by atoms with Crippen molar-refractivity contribution < 1.29 is 5.21 Å². The molecule has 1 heterocycles. The van der Waals surface area contributed by atoms with E-state index in [2.05, 4.69) is 48.4 Å². The number of benzene rings is 2. The average molecular weight is 305 g/mol. The van der Waals surface area contributed by atoms with Crippen molar-refractivity contribution in [1.82, 2.24) is 9.78 Å². The first-order valence-corrected chi connectivity index (χ1v) is 7.62. The summed E-state index contributed by atoms with van der Waals surface area (Å²) < 4.78 is 1.79. The molecule has 0 amide bonds. The molecule has 4 heteroatoms. The highest BCUT2D eigenvalue weighted by Crippen LogP contribution is 2.25. The van der Waals surface area contributed by atoms with Crippen molar-refractivity contribution in [3.63, 3.8) is 0 Å². The molecule has 23 heavy (non-hydrogen) atoms. The zero-order chi connectivity index (χ0) is 16.2. The minimum Gasteiger partial charge on any atom is -0.411 e. The Hall–Kier alpha value is -2.88. The topological polar surface area (TPSA) is 50.4 Å². The minimum absolute atomic E-state index is 0.490. The van der Waals surface area contributed by atoms with E-state index in [1.807, 2.05) is 36.5 Å². The van der Waals surface area contributed by atoms with Gasteiger partial charge in [0.1, 0.15) is 5.69 Å². The standard InChI is InChI=1S/C19H19N3O/c1-14(2)15-8-10-16(11-9-15)19-17(12-20-23)13-22(21-19)18-6-4-3-5-7-18/h3-14,23H,1-2H3/b20-12-. The molecule has 0 saturated heterocycles. The lowest BCUT2D eigenvalue weighted by Crippen LogP contribution is -1.94. The molecule has 3 aromatic rings. The second kappa shape index (κ2) is 6.48. The van der Waals surface area contributed by atoms with Gasteiger partial charge in [0.2, 0.25) is 0 Å². The lowest BCUT2D eigenvalue weighted by Gasteiger charge is -2.06. The third kappa shape index (κ3) is 3.16. The van der Waals surface area contributed by atoms with Gasteiger partial charge in [-0.05, 0) is 23.6 Å². The van der Waals surface area contributed by atoms with E-state index in [-0.39, 0.29) is 0 Å². The van der Waals surface area contributed by atoms with Crippen molar-refractivity contribution in [2.75, 3.05) is 0 Å². The summed E-state index contributed by atoms with van der Waals surface area (Å²) in [6, 6.07) is 18.2. The summed E-state index contributed by atoms with van der Waals surface area (Å²) in [5.74, 6) is 0.490. The number of para-hydroxylation sites is 1. The predicted molar refractivity (Wildman–Crippen MR) is 92.5 cm³/mol. The molecule has 0 atom stereocenters. The summed E-state index contributed by atoms with van der Waals surface area (Å²) in [5, 5.41) is 16.7. The summed E-state index contributed by atoms with van der Waals surface area (Å²) in [5.41, 5.74) is 4.81. The van der Waals surface area contributed by atoms with Gasteiger partial charge in [-0.15, -0.1) is 0 Å². The maximum Gasteiger partial charge on any atom is 0.102 e. The van der Waals surface area contributed by atoms with Gasteiger partial charge in [0, 0.05) is 17.3 Å². The van der Waals surface area contributed by atoms with Gasteiger partial charge in [-0.2, -0.15) is 5.10 Å². The van der Waals surface area contributed by atoms with E-state index in [4.69, 9.17) is 5.21 Å². The largest absolute Gasteiger partial charge is 0.411 e. The van der Waals surface area contributed by atoms with E-state index in [0.717, 1.165) is 22.5 Å². The highest BCUT2D eigenvalue weighted by atomic mass is 16.4. The van der Waals surface area contributed by atoms with Crippen LogP contribution in [0.2, 0.25) is 0 Å². The van der Waals surface area contributed by atoms with Gasteiger partial charge in [-0.25, -0.2) is 4.68 Å². The average Bonchev–Trinajstić information content (AvgIpc) is 3.00. The van der Waals surface area contributed by atoms with E-state index in [1.54, 1.807) is 4.68 Å². The van der Waals surface area contributed by atoms with Crippen LogP contribution < -0.4 is 0 Å². The number of nitrogens with zero attached hydrogens (tertiary/aromatic N) is 3. The van der Waals surface area contributed by atoms with Crippen LogP contribution in [-0.4, -0.2) is 21.2 Å². The van der Waals surface area contributed by atoms with Crippen LogP contribution in [0.4, 0.5) is 0 Å². The van der Waals surface area contributed by atoms with Crippen LogP contribution in [0.25, 0.3) is 16.9 Å². The molecule has 0 aliphatic rings. The van der Waals surface area contributed by atoms with Crippen LogP contribution in [0.15, 0.2) is 65.9 Å². The van der Waals surface area contributed by atoms with Gasteiger partial charge in [0.15, 0.2) is 0 Å². The normalized spacial score (nSPS) is 11.4. The molecule has 1 N–H and O–H groups in total. The second-order valence-electron chi connectivity index (χ2n) is 5.73. The summed E-state index contributed by atoms with van der Waals surface area (Å²) in [4.78, 5) is 0. The Morgan fingerprint density at radius 1 is 1.04 bits per heavy atom. The van der Waals surface area contributed by atoms with Crippen molar-refractivity contribution in [2.45, 2.75) is 19.8 Å². The van der Waals surface area contributed by atoms with E-state index in [0.29, 0.717) is 5.92 Å². The molecule has 0 aliphatic heterocycles. The molecule has 0 saturated carbocycles. The Labute approximate surface area is 135 Å². The lowest BCUT2D eigenvalue weighted by molar-refractivity contribution is 0.322. The summed E-state index contributed by atoms with van der Waals surface area (Å²) >= 11 is 0. The number of hydrogen-bond acceptors (Lipinski definition) is 3. The third-order valence-electron chi connectivity index (χ3n) is 3.81. The molecule has 0 unspecified atom stereocenters.